The molecule has 1 aliphatic heterocycles. The van der Waals surface area contributed by atoms with Crippen molar-refractivity contribution in [2.45, 2.75) is 59.1 Å². The van der Waals surface area contributed by atoms with Gasteiger partial charge in [0.25, 0.3) is 0 Å². The number of halogens is 4. The van der Waals surface area contributed by atoms with Crippen molar-refractivity contribution >= 4 is 23.3 Å². The molecule has 11 heteroatoms. The topological polar surface area (TPSA) is 88.3 Å². The van der Waals surface area contributed by atoms with Crippen LogP contribution in [0.1, 0.15) is 69.1 Å². The zero-order valence-corrected chi connectivity index (χ0v) is 25.7. The second-order valence-corrected chi connectivity index (χ2v) is 10.1. The van der Waals surface area contributed by atoms with Gasteiger partial charge >= 0.3 is 12.1 Å². The number of esters is 1. The van der Waals surface area contributed by atoms with Crippen molar-refractivity contribution in [1.82, 2.24) is 9.97 Å². The van der Waals surface area contributed by atoms with Gasteiger partial charge in [0, 0.05) is 35.6 Å². The molecule has 1 aliphatic rings. The number of alkyl halides is 3. The van der Waals surface area contributed by atoms with Gasteiger partial charge in [0.2, 0.25) is 5.88 Å². The second-order valence-electron chi connectivity index (χ2n) is 9.65. The van der Waals surface area contributed by atoms with Crippen LogP contribution in [0.4, 0.5) is 18.9 Å². The summed E-state index contributed by atoms with van der Waals surface area (Å²) in [6, 6.07) is 13.0. The maximum atomic E-state index is 13.9. The average Bonchev–Trinajstić information content (AvgIpc) is 3.01. The van der Waals surface area contributed by atoms with Crippen LogP contribution >= 0.6 is 11.6 Å². The Bertz CT molecular complexity index is 1460. The Labute approximate surface area is 255 Å². The Morgan fingerprint density at radius 1 is 1.16 bits per heavy atom. The largest absolute Gasteiger partial charge is 0.477 e. The molecule has 2 aromatic heterocycles. The Morgan fingerprint density at radius 3 is 2.53 bits per heavy atom. The van der Waals surface area contributed by atoms with Crippen LogP contribution in [0, 0.1) is 17.2 Å². The molecule has 43 heavy (non-hydrogen) atoms. The summed E-state index contributed by atoms with van der Waals surface area (Å²) in [5, 5.41) is 10.6. The van der Waals surface area contributed by atoms with Crippen LogP contribution in [0.15, 0.2) is 48.7 Å². The van der Waals surface area contributed by atoms with E-state index in [-0.39, 0.29) is 42.5 Å². The zero-order chi connectivity index (χ0) is 31.8. The fraction of sp³-hybridized carbons (Fsp3) is 0.438. The maximum absolute atomic E-state index is 13.9. The van der Waals surface area contributed by atoms with Gasteiger partial charge in [-0.3, -0.25) is 0 Å². The summed E-state index contributed by atoms with van der Waals surface area (Å²) >= 11 is 5.90. The predicted octanol–water partition coefficient (Wildman–Crippen LogP) is 8.12. The lowest BCUT2D eigenvalue weighted by atomic mass is 9.65. The monoisotopic (exact) mass is 616 g/mol. The predicted molar refractivity (Wildman–Crippen MR) is 160 cm³/mol. The van der Waals surface area contributed by atoms with Crippen LogP contribution < -0.4 is 9.64 Å². The maximum Gasteiger partial charge on any atom is 0.418 e. The number of carbonyl (C=O) groups is 1. The molecule has 0 saturated carbocycles. The molecule has 0 aliphatic carbocycles. The van der Waals surface area contributed by atoms with E-state index in [1.807, 2.05) is 27.7 Å². The molecule has 1 aromatic carbocycles. The van der Waals surface area contributed by atoms with Gasteiger partial charge in [0.1, 0.15) is 0 Å². The third kappa shape index (κ3) is 7.04. The van der Waals surface area contributed by atoms with Gasteiger partial charge in [-0.1, -0.05) is 38.4 Å². The smallest absolute Gasteiger partial charge is 0.418 e. The minimum absolute atomic E-state index is 0.00556. The van der Waals surface area contributed by atoms with Crippen LogP contribution in [-0.2, 0) is 16.3 Å². The fourth-order valence-electron chi connectivity index (χ4n) is 5.46. The minimum Gasteiger partial charge on any atom is -0.477 e. The Hall–Kier alpha value is -3.84. The molecule has 1 fully saturated rings. The van der Waals surface area contributed by atoms with Crippen LogP contribution in [0.5, 0.6) is 5.88 Å². The van der Waals surface area contributed by atoms with Crippen molar-refractivity contribution in [1.29, 1.82) is 5.26 Å². The fourth-order valence-corrected chi connectivity index (χ4v) is 5.63. The third-order valence-electron chi connectivity index (χ3n) is 7.38. The molecule has 0 spiro atoms. The van der Waals surface area contributed by atoms with Gasteiger partial charge in [-0.2, -0.15) is 18.4 Å². The lowest BCUT2D eigenvalue weighted by Crippen LogP contribution is -2.50. The number of nitriles is 1. The van der Waals surface area contributed by atoms with E-state index < -0.39 is 29.0 Å². The number of ether oxygens (including phenoxy) is 2. The molecule has 3 aromatic rings. The molecule has 2 unspecified atom stereocenters. The standard InChI is InChI=1S/C30H30ClF3N4O3.C2H6/c1-4-19-17-38(25-12-9-20(31)16-23(25)30(32,33)34)15-13-29(19,18-35)22-10-11-24(37-26(22)28(39)41-6-3)21-8-7-14-36-27(21)40-5-2;1-2/h7-12,14,16,19H,4-6,13,15,17H2,1-3H3;1-2H3. The quantitative estimate of drug-likeness (QED) is 0.236. The van der Waals surface area contributed by atoms with Gasteiger partial charge < -0.3 is 14.4 Å². The van der Waals surface area contributed by atoms with E-state index in [1.54, 1.807) is 42.3 Å². The molecular formula is C32H36ClF3N4O3. The average molecular weight is 617 g/mol. The van der Waals surface area contributed by atoms with Gasteiger partial charge in [0.15, 0.2) is 5.69 Å². The summed E-state index contributed by atoms with van der Waals surface area (Å²) in [7, 11) is 0. The molecule has 0 N–H and O–H groups in total. The molecule has 1 saturated heterocycles. The van der Waals surface area contributed by atoms with Crippen LogP contribution in [0.25, 0.3) is 11.3 Å². The molecular weight excluding hydrogens is 581 g/mol. The number of aromatic nitrogens is 2. The summed E-state index contributed by atoms with van der Waals surface area (Å²) in [5.41, 5.74) is -0.643. The molecule has 3 heterocycles. The second kappa shape index (κ2) is 14.6. The van der Waals surface area contributed by atoms with Gasteiger partial charge in [0.05, 0.1) is 41.5 Å². The molecule has 2 atom stereocenters. The van der Waals surface area contributed by atoms with Crippen molar-refractivity contribution in [3.63, 3.8) is 0 Å². The number of benzene rings is 1. The number of pyridine rings is 2. The van der Waals surface area contributed by atoms with E-state index in [0.29, 0.717) is 35.7 Å². The van der Waals surface area contributed by atoms with E-state index in [0.717, 1.165) is 6.07 Å². The molecule has 0 amide bonds. The highest BCUT2D eigenvalue weighted by Crippen LogP contribution is 2.46. The highest BCUT2D eigenvalue weighted by Gasteiger charge is 2.48. The Balaban J connectivity index is 0.00000248. The SMILES string of the molecule is CC.CCOC(=O)c1nc(-c2cccnc2OCC)ccc1C1(C#N)CCN(c2ccc(Cl)cc2C(F)(F)F)CC1CC. The normalized spacial score (nSPS) is 18.2. The highest BCUT2D eigenvalue weighted by molar-refractivity contribution is 6.30. The van der Waals surface area contributed by atoms with Gasteiger partial charge in [-0.05, 0) is 69.0 Å². The first kappa shape index (κ1) is 33.7. The van der Waals surface area contributed by atoms with Crippen molar-refractivity contribution in [2.24, 2.45) is 5.92 Å². The summed E-state index contributed by atoms with van der Waals surface area (Å²) < 4.78 is 52.7. The Kier molecular flexibility index (Phi) is 11.4. The van der Waals surface area contributed by atoms with Crippen LogP contribution in [0.3, 0.4) is 0 Å². The van der Waals surface area contributed by atoms with Crippen molar-refractivity contribution in [3.05, 3.63) is 70.5 Å². The van der Waals surface area contributed by atoms with Gasteiger partial charge in [-0.25, -0.2) is 14.8 Å². The van der Waals surface area contributed by atoms with Gasteiger partial charge in [-0.15, -0.1) is 0 Å². The molecule has 4 rings (SSSR count). The summed E-state index contributed by atoms with van der Waals surface area (Å²) in [6.07, 6.45) is -2.37. The number of rotatable bonds is 8. The van der Waals surface area contributed by atoms with E-state index in [9.17, 15) is 23.2 Å². The number of nitrogens with zero attached hydrogens (tertiary/aromatic N) is 4. The Morgan fingerprint density at radius 2 is 1.91 bits per heavy atom. The molecule has 7 nitrogen and oxygen atoms in total. The number of carbonyl (C=O) groups excluding carboxylic acids is 1. The molecule has 0 radical (unpaired) electrons. The first-order valence-corrected chi connectivity index (χ1v) is 14.8. The third-order valence-corrected chi connectivity index (χ3v) is 7.62. The van der Waals surface area contributed by atoms with E-state index in [4.69, 9.17) is 21.1 Å². The lowest BCUT2D eigenvalue weighted by molar-refractivity contribution is -0.137. The van der Waals surface area contributed by atoms with Crippen molar-refractivity contribution in [2.75, 3.05) is 31.2 Å². The number of hydrogen-bond acceptors (Lipinski definition) is 7. The molecule has 0 bridgehead atoms. The van der Waals surface area contributed by atoms with Crippen LogP contribution in [-0.4, -0.2) is 42.2 Å². The van der Waals surface area contributed by atoms with Crippen molar-refractivity contribution < 1.29 is 27.4 Å². The van der Waals surface area contributed by atoms with Crippen molar-refractivity contribution in [3.8, 4) is 23.2 Å². The highest BCUT2D eigenvalue weighted by atomic mass is 35.5. The number of piperidine rings is 1. The zero-order valence-electron chi connectivity index (χ0n) is 25.0. The number of hydrogen-bond donors (Lipinski definition) is 0. The number of anilines is 1. The van der Waals surface area contributed by atoms with Crippen LogP contribution in [0.2, 0.25) is 5.02 Å². The van der Waals surface area contributed by atoms with E-state index in [1.165, 1.54) is 12.1 Å². The first-order chi connectivity index (χ1) is 20.6. The lowest BCUT2D eigenvalue weighted by Gasteiger charge is -2.45. The van der Waals surface area contributed by atoms with E-state index in [2.05, 4.69) is 16.0 Å². The summed E-state index contributed by atoms with van der Waals surface area (Å²) in [5.74, 6) is -0.755. The first-order valence-electron chi connectivity index (χ1n) is 14.4. The minimum atomic E-state index is -4.60. The van der Waals surface area contributed by atoms with E-state index >= 15 is 0 Å². The summed E-state index contributed by atoms with van der Waals surface area (Å²) in [4.78, 5) is 23.8. The molecule has 230 valence electrons. The summed E-state index contributed by atoms with van der Waals surface area (Å²) in [6.45, 7) is 10.2.